The Bertz CT molecular complexity index is 827. The summed E-state index contributed by atoms with van der Waals surface area (Å²) in [6, 6.07) is 6.38. The Morgan fingerprint density at radius 3 is 2.00 bits per heavy atom. The maximum atomic E-state index is 15.0. The Balaban J connectivity index is 2.61. The number of aromatic nitrogens is 2. The summed E-state index contributed by atoms with van der Waals surface area (Å²) < 4.78 is 16.4. The fraction of sp³-hybridized carbons (Fsp3) is 0.500. The number of aryl methyl sites for hydroxylation is 2. The molecule has 1 heterocycles. The second-order valence-corrected chi connectivity index (χ2v) is 8.43. The average molecular weight is 345 g/mol. The summed E-state index contributed by atoms with van der Waals surface area (Å²) in [5, 5.41) is 0. The molecule has 0 fully saturated rings. The summed E-state index contributed by atoms with van der Waals surface area (Å²) in [4.78, 5) is 18.7. The van der Waals surface area contributed by atoms with Gasteiger partial charge in [0, 0.05) is 28.9 Å². The summed E-state index contributed by atoms with van der Waals surface area (Å²) >= 11 is 0. The lowest BCUT2D eigenvalue weighted by atomic mass is 9.94. The standard InChI is InChI=1S/C20H28FN3O/c1-13-11-18(25)23(14(2)22-13)15-9-10-17(16(21)12-15)24(19(3,4)5)20(6,7)8/h9-12H,1-8H3. The molecule has 0 spiro atoms. The molecule has 25 heavy (non-hydrogen) atoms. The summed E-state index contributed by atoms with van der Waals surface area (Å²) in [5.41, 5.74) is 0.953. The van der Waals surface area contributed by atoms with Gasteiger partial charge in [-0.1, -0.05) is 0 Å². The van der Waals surface area contributed by atoms with Crippen molar-refractivity contribution in [2.45, 2.75) is 66.5 Å². The van der Waals surface area contributed by atoms with Gasteiger partial charge in [0.2, 0.25) is 0 Å². The van der Waals surface area contributed by atoms with Gasteiger partial charge in [0.05, 0.1) is 11.4 Å². The van der Waals surface area contributed by atoms with Gasteiger partial charge in [-0.05, 0) is 67.5 Å². The van der Waals surface area contributed by atoms with E-state index in [4.69, 9.17) is 0 Å². The maximum Gasteiger partial charge on any atom is 0.258 e. The van der Waals surface area contributed by atoms with Crippen LogP contribution in [-0.4, -0.2) is 20.6 Å². The van der Waals surface area contributed by atoms with Gasteiger partial charge in [0.15, 0.2) is 0 Å². The maximum absolute atomic E-state index is 15.0. The van der Waals surface area contributed by atoms with Crippen molar-refractivity contribution in [3.63, 3.8) is 0 Å². The van der Waals surface area contributed by atoms with E-state index < -0.39 is 0 Å². The molecule has 0 bridgehead atoms. The number of anilines is 1. The van der Waals surface area contributed by atoms with Crippen molar-refractivity contribution in [1.29, 1.82) is 0 Å². The highest BCUT2D eigenvalue weighted by Gasteiger charge is 2.33. The molecule has 0 saturated carbocycles. The number of hydrogen-bond donors (Lipinski definition) is 0. The van der Waals surface area contributed by atoms with Crippen molar-refractivity contribution in [2.24, 2.45) is 0 Å². The second kappa shape index (κ2) is 6.28. The molecular weight excluding hydrogens is 317 g/mol. The van der Waals surface area contributed by atoms with E-state index in [-0.39, 0.29) is 22.5 Å². The predicted molar refractivity (Wildman–Crippen MR) is 101 cm³/mol. The summed E-state index contributed by atoms with van der Waals surface area (Å²) in [7, 11) is 0. The molecule has 0 amide bonds. The smallest absolute Gasteiger partial charge is 0.258 e. The molecule has 0 saturated heterocycles. The Kier molecular flexibility index (Phi) is 4.81. The molecule has 0 atom stereocenters. The molecule has 136 valence electrons. The van der Waals surface area contributed by atoms with Gasteiger partial charge >= 0.3 is 0 Å². The molecule has 1 aromatic heterocycles. The van der Waals surface area contributed by atoms with Crippen LogP contribution in [0.3, 0.4) is 0 Å². The van der Waals surface area contributed by atoms with Crippen molar-refractivity contribution >= 4 is 5.69 Å². The van der Waals surface area contributed by atoms with E-state index in [1.165, 1.54) is 16.7 Å². The van der Waals surface area contributed by atoms with E-state index in [1.54, 1.807) is 26.0 Å². The van der Waals surface area contributed by atoms with Crippen LogP contribution in [-0.2, 0) is 0 Å². The van der Waals surface area contributed by atoms with E-state index in [1.807, 2.05) is 0 Å². The number of hydrogen-bond acceptors (Lipinski definition) is 3. The van der Waals surface area contributed by atoms with E-state index >= 15 is 4.39 Å². The van der Waals surface area contributed by atoms with E-state index in [0.29, 0.717) is 22.9 Å². The van der Waals surface area contributed by atoms with Gasteiger partial charge in [0.25, 0.3) is 5.56 Å². The summed E-state index contributed by atoms with van der Waals surface area (Å²) in [6.45, 7) is 15.9. The van der Waals surface area contributed by atoms with Crippen molar-refractivity contribution in [2.75, 3.05) is 4.90 Å². The average Bonchev–Trinajstić information content (AvgIpc) is 2.37. The van der Waals surface area contributed by atoms with Gasteiger partial charge in [-0.3, -0.25) is 9.36 Å². The van der Waals surface area contributed by atoms with Crippen LogP contribution >= 0.6 is 0 Å². The summed E-state index contributed by atoms with van der Waals surface area (Å²) in [5.74, 6) is 0.190. The predicted octanol–water partition coefficient (Wildman–Crippen LogP) is 4.39. The lowest BCUT2D eigenvalue weighted by molar-refractivity contribution is 0.374. The normalized spacial score (nSPS) is 12.4. The molecule has 0 aliphatic rings. The third-order valence-corrected chi connectivity index (χ3v) is 3.99. The van der Waals surface area contributed by atoms with Crippen LogP contribution in [0.4, 0.5) is 10.1 Å². The van der Waals surface area contributed by atoms with Crippen LogP contribution in [0.5, 0.6) is 0 Å². The monoisotopic (exact) mass is 345 g/mol. The highest BCUT2D eigenvalue weighted by molar-refractivity contribution is 5.56. The van der Waals surface area contributed by atoms with Crippen LogP contribution in [0.1, 0.15) is 53.1 Å². The third-order valence-electron chi connectivity index (χ3n) is 3.99. The minimum Gasteiger partial charge on any atom is -0.359 e. The fourth-order valence-corrected chi connectivity index (χ4v) is 3.60. The Morgan fingerprint density at radius 1 is 1.00 bits per heavy atom. The molecule has 1 aromatic carbocycles. The second-order valence-electron chi connectivity index (χ2n) is 8.43. The topological polar surface area (TPSA) is 38.1 Å². The first-order valence-electron chi connectivity index (χ1n) is 8.50. The SMILES string of the molecule is Cc1cc(=O)n(-c2ccc(N(C(C)(C)C)C(C)(C)C)c(F)c2)c(C)n1. The van der Waals surface area contributed by atoms with Gasteiger partial charge in [-0.2, -0.15) is 0 Å². The number of nitrogens with zero attached hydrogens (tertiary/aromatic N) is 3. The van der Waals surface area contributed by atoms with E-state index in [9.17, 15) is 4.79 Å². The zero-order valence-corrected chi connectivity index (χ0v) is 16.4. The first-order chi connectivity index (χ1) is 11.3. The number of benzene rings is 1. The third kappa shape index (κ3) is 3.91. The Hall–Kier alpha value is -2.17. The van der Waals surface area contributed by atoms with Gasteiger partial charge in [-0.25, -0.2) is 9.37 Å². The minimum atomic E-state index is -0.353. The van der Waals surface area contributed by atoms with E-state index in [2.05, 4.69) is 51.4 Å². The lowest BCUT2D eigenvalue weighted by Crippen LogP contribution is -2.53. The van der Waals surface area contributed by atoms with Crippen molar-refractivity contribution in [3.8, 4) is 5.69 Å². The zero-order chi connectivity index (χ0) is 19.2. The van der Waals surface area contributed by atoms with Gasteiger partial charge in [0.1, 0.15) is 11.6 Å². The molecule has 5 heteroatoms. The lowest BCUT2D eigenvalue weighted by Gasteiger charge is -2.47. The Morgan fingerprint density at radius 2 is 1.56 bits per heavy atom. The molecule has 0 aliphatic heterocycles. The minimum absolute atomic E-state index is 0.208. The molecule has 0 unspecified atom stereocenters. The van der Waals surface area contributed by atoms with Crippen LogP contribution in [0, 0.1) is 19.7 Å². The van der Waals surface area contributed by atoms with Crippen LogP contribution < -0.4 is 10.5 Å². The summed E-state index contributed by atoms with van der Waals surface area (Å²) in [6.07, 6.45) is 0. The van der Waals surface area contributed by atoms with Crippen LogP contribution in [0.15, 0.2) is 29.1 Å². The van der Waals surface area contributed by atoms with Gasteiger partial charge < -0.3 is 4.90 Å². The van der Waals surface area contributed by atoms with Crippen molar-refractivity contribution in [1.82, 2.24) is 9.55 Å². The van der Waals surface area contributed by atoms with Crippen LogP contribution in [0.25, 0.3) is 5.69 Å². The van der Waals surface area contributed by atoms with Crippen LogP contribution in [0.2, 0.25) is 0 Å². The highest BCUT2D eigenvalue weighted by atomic mass is 19.1. The molecule has 2 rings (SSSR count). The zero-order valence-electron chi connectivity index (χ0n) is 16.4. The number of rotatable bonds is 2. The fourth-order valence-electron chi connectivity index (χ4n) is 3.60. The molecule has 0 aliphatic carbocycles. The molecule has 0 radical (unpaired) electrons. The quantitative estimate of drug-likeness (QED) is 0.810. The van der Waals surface area contributed by atoms with Crippen molar-refractivity contribution in [3.05, 3.63) is 52.0 Å². The van der Waals surface area contributed by atoms with Crippen molar-refractivity contribution < 1.29 is 4.39 Å². The van der Waals surface area contributed by atoms with E-state index in [0.717, 1.165) is 0 Å². The molecular formula is C20H28FN3O. The Labute approximate surface area is 149 Å². The first kappa shape index (κ1) is 19.2. The number of halogens is 1. The largest absolute Gasteiger partial charge is 0.359 e. The first-order valence-corrected chi connectivity index (χ1v) is 8.50. The molecule has 2 aromatic rings. The highest BCUT2D eigenvalue weighted by Crippen LogP contribution is 2.34. The van der Waals surface area contributed by atoms with Gasteiger partial charge in [-0.15, -0.1) is 0 Å². The molecule has 0 N–H and O–H groups in total. The molecule has 4 nitrogen and oxygen atoms in total.